The summed E-state index contributed by atoms with van der Waals surface area (Å²) in [6, 6.07) is 0. The van der Waals surface area contributed by atoms with Gasteiger partial charge in [0.2, 0.25) is 0 Å². The molecule has 0 aromatic carbocycles. The third kappa shape index (κ3) is 8.31. The summed E-state index contributed by atoms with van der Waals surface area (Å²) in [6.07, 6.45) is 10.8. The Kier molecular flexibility index (Phi) is 11.8. The fourth-order valence-electron chi connectivity index (χ4n) is 2.49. The quantitative estimate of drug-likeness (QED) is 0.404. The zero-order valence-corrected chi connectivity index (χ0v) is 15.8. The normalized spacial score (nSPS) is 10.6. The van der Waals surface area contributed by atoms with Crippen LogP contribution >= 0.6 is 0 Å². The van der Waals surface area contributed by atoms with Crippen molar-refractivity contribution in [2.75, 3.05) is 35.6 Å². The Morgan fingerprint density at radius 2 is 1.00 bits per heavy atom. The third-order valence-corrected chi connectivity index (χ3v) is 3.99. The molecule has 0 saturated heterocycles. The first-order chi connectivity index (χ1) is 11.8. The van der Waals surface area contributed by atoms with Crippen LogP contribution in [0.1, 0.15) is 78.6 Å². The number of hydrogen-bond donors (Lipinski definition) is 3. The zero-order valence-electron chi connectivity index (χ0n) is 15.8. The van der Waals surface area contributed by atoms with Gasteiger partial charge in [0.05, 0.1) is 0 Å². The molecule has 0 amide bonds. The largest absolute Gasteiger partial charge is 0.379 e. The second kappa shape index (κ2) is 13.8. The van der Waals surface area contributed by atoms with E-state index in [4.69, 9.17) is 0 Å². The minimum Gasteiger partial charge on any atom is -0.379 e. The highest BCUT2D eigenvalue weighted by molar-refractivity contribution is 5.76. The van der Waals surface area contributed by atoms with Crippen LogP contribution in [-0.4, -0.2) is 35.0 Å². The summed E-state index contributed by atoms with van der Waals surface area (Å²) in [7, 11) is 0. The number of hydrogen-bond acceptors (Lipinski definition) is 6. The Morgan fingerprint density at radius 1 is 0.583 bits per heavy atom. The molecule has 0 aliphatic rings. The van der Waals surface area contributed by atoms with Gasteiger partial charge in [-0.3, -0.25) is 0 Å². The summed E-state index contributed by atoms with van der Waals surface area (Å²) in [5.41, 5.74) is 0.967. The Morgan fingerprint density at radius 3 is 1.42 bits per heavy atom. The predicted octanol–water partition coefficient (Wildman–Crippen LogP) is 4.68. The molecule has 0 unspecified atom stereocenters. The maximum Gasteiger partial charge on any atom is 0.177 e. The van der Waals surface area contributed by atoms with Gasteiger partial charge in [-0.1, -0.05) is 59.3 Å². The Labute approximate surface area is 147 Å². The lowest BCUT2D eigenvalue weighted by molar-refractivity contribution is 0.730. The van der Waals surface area contributed by atoms with Gasteiger partial charge in [-0.15, -0.1) is 10.2 Å². The van der Waals surface area contributed by atoms with Gasteiger partial charge in [-0.05, 0) is 24.5 Å². The fourth-order valence-corrected chi connectivity index (χ4v) is 2.49. The van der Waals surface area contributed by atoms with Crippen molar-refractivity contribution in [1.82, 2.24) is 15.4 Å². The molecule has 0 bridgehead atoms. The molecule has 0 aliphatic heterocycles. The lowest BCUT2D eigenvalue weighted by atomic mass is 10.2. The average Bonchev–Trinajstić information content (AvgIpc) is 2.60. The molecule has 0 fully saturated rings. The van der Waals surface area contributed by atoms with Crippen molar-refractivity contribution < 1.29 is 0 Å². The summed E-state index contributed by atoms with van der Waals surface area (Å²) in [6.45, 7) is 9.43. The molecule has 3 N–H and O–H groups in total. The minimum absolute atomic E-state index is 0.815. The van der Waals surface area contributed by atoms with E-state index >= 15 is 0 Å². The van der Waals surface area contributed by atoms with Crippen LogP contribution in [0.4, 0.5) is 17.3 Å². The predicted molar refractivity (Wildman–Crippen MR) is 104 cm³/mol. The van der Waals surface area contributed by atoms with Crippen LogP contribution in [0.3, 0.4) is 0 Å². The number of unbranched alkanes of at least 4 members (excludes halogenated alkanes) is 6. The summed E-state index contributed by atoms with van der Waals surface area (Å²) in [5, 5.41) is 22.7. The van der Waals surface area contributed by atoms with Gasteiger partial charge in [0.25, 0.3) is 0 Å². The maximum atomic E-state index is 4.21. The molecule has 0 atom stereocenters. The molecule has 138 valence electrons. The van der Waals surface area contributed by atoms with Gasteiger partial charge < -0.3 is 16.0 Å². The van der Waals surface area contributed by atoms with E-state index in [0.29, 0.717) is 0 Å². The summed E-state index contributed by atoms with van der Waals surface area (Å²) >= 11 is 0. The van der Waals surface area contributed by atoms with E-state index in [0.717, 1.165) is 56.2 Å². The highest BCUT2D eigenvalue weighted by atomic mass is 15.4. The summed E-state index contributed by atoms with van der Waals surface area (Å²) in [4.78, 5) is 0. The van der Waals surface area contributed by atoms with Gasteiger partial charge in [-0.2, -0.15) is 0 Å². The highest BCUT2D eigenvalue weighted by Crippen LogP contribution is 2.26. The lowest BCUT2D eigenvalue weighted by Crippen LogP contribution is -2.15. The maximum absolute atomic E-state index is 4.21. The van der Waals surface area contributed by atoms with E-state index < -0.39 is 0 Å². The number of rotatable bonds is 15. The standard InChI is InChI=1S/C18H36N6/c1-4-7-10-13-19-16-17(20-14-11-8-5-2)22-24-23-18(16)21-15-12-9-6-3/h4-15H2,1-3H3,(H,19,24)(H2,20,21,22,23). The van der Waals surface area contributed by atoms with E-state index in [1.165, 1.54) is 38.5 Å². The fraction of sp³-hybridized carbons (Fsp3) is 0.833. The Balaban J connectivity index is 2.67. The molecule has 0 spiro atoms. The lowest BCUT2D eigenvalue weighted by Gasteiger charge is -2.16. The molecule has 1 rings (SSSR count). The SMILES string of the molecule is CCCCCNc1nnnc(NCCCCC)c1NCCCCC. The molecule has 0 radical (unpaired) electrons. The smallest absolute Gasteiger partial charge is 0.177 e. The first kappa shape index (κ1) is 20.5. The number of aromatic nitrogens is 3. The van der Waals surface area contributed by atoms with Crippen molar-refractivity contribution in [1.29, 1.82) is 0 Å². The topological polar surface area (TPSA) is 74.8 Å². The van der Waals surface area contributed by atoms with Crippen molar-refractivity contribution in [2.45, 2.75) is 78.6 Å². The summed E-state index contributed by atoms with van der Waals surface area (Å²) in [5.74, 6) is 1.63. The second-order valence-electron chi connectivity index (χ2n) is 6.26. The molecule has 0 saturated carbocycles. The van der Waals surface area contributed by atoms with Crippen LogP contribution in [0.15, 0.2) is 0 Å². The molecule has 6 nitrogen and oxygen atoms in total. The average molecular weight is 337 g/mol. The molecule has 0 aliphatic carbocycles. The van der Waals surface area contributed by atoms with Gasteiger partial charge in [0.15, 0.2) is 11.6 Å². The number of nitrogens with one attached hydrogen (secondary N) is 3. The van der Waals surface area contributed by atoms with E-state index in [9.17, 15) is 0 Å². The number of nitrogens with zero attached hydrogens (tertiary/aromatic N) is 3. The van der Waals surface area contributed by atoms with Gasteiger partial charge in [0.1, 0.15) is 5.69 Å². The highest BCUT2D eigenvalue weighted by Gasteiger charge is 2.12. The Bertz CT molecular complexity index is 394. The van der Waals surface area contributed by atoms with Crippen molar-refractivity contribution in [3.8, 4) is 0 Å². The molecular formula is C18H36N6. The molecule has 1 aromatic rings. The van der Waals surface area contributed by atoms with Crippen molar-refractivity contribution in [3.05, 3.63) is 0 Å². The monoisotopic (exact) mass is 336 g/mol. The van der Waals surface area contributed by atoms with Crippen molar-refractivity contribution in [2.24, 2.45) is 0 Å². The van der Waals surface area contributed by atoms with Crippen LogP contribution in [0.5, 0.6) is 0 Å². The molecule has 1 aromatic heterocycles. The third-order valence-electron chi connectivity index (χ3n) is 3.99. The van der Waals surface area contributed by atoms with Crippen LogP contribution in [0, 0.1) is 0 Å². The van der Waals surface area contributed by atoms with Crippen molar-refractivity contribution in [3.63, 3.8) is 0 Å². The molecular weight excluding hydrogens is 300 g/mol. The van der Waals surface area contributed by atoms with Crippen LogP contribution in [0.2, 0.25) is 0 Å². The first-order valence-corrected chi connectivity index (χ1v) is 9.78. The summed E-state index contributed by atoms with van der Waals surface area (Å²) < 4.78 is 0. The van der Waals surface area contributed by atoms with Crippen molar-refractivity contribution >= 4 is 17.3 Å². The van der Waals surface area contributed by atoms with Gasteiger partial charge in [-0.25, -0.2) is 0 Å². The minimum atomic E-state index is 0.815. The molecule has 1 heterocycles. The zero-order chi connectivity index (χ0) is 17.5. The van der Waals surface area contributed by atoms with Crippen LogP contribution < -0.4 is 16.0 Å². The van der Waals surface area contributed by atoms with Crippen LogP contribution in [0.25, 0.3) is 0 Å². The van der Waals surface area contributed by atoms with E-state index in [-0.39, 0.29) is 0 Å². The van der Waals surface area contributed by atoms with Gasteiger partial charge >= 0.3 is 0 Å². The second-order valence-corrected chi connectivity index (χ2v) is 6.26. The number of anilines is 3. The van der Waals surface area contributed by atoms with E-state index in [1.54, 1.807) is 0 Å². The van der Waals surface area contributed by atoms with E-state index in [1.807, 2.05) is 0 Å². The molecule has 6 heteroatoms. The first-order valence-electron chi connectivity index (χ1n) is 9.78. The van der Waals surface area contributed by atoms with E-state index in [2.05, 4.69) is 52.1 Å². The van der Waals surface area contributed by atoms with Crippen LogP contribution in [-0.2, 0) is 0 Å². The molecule has 24 heavy (non-hydrogen) atoms. The Hall–Kier alpha value is -1.59. The van der Waals surface area contributed by atoms with Gasteiger partial charge in [0, 0.05) is 19.6 Å².